The minimum atomic E-state index is -0.113. The Balaban J connectivity index is 0.000000370. The van der Waals surface area contributed by atoms with Gasteiger partial charge >= 0.3 is 5.97 Å². The SMILES string of the molecule is COC(=O)CCCCCCN.ON1CCC(N(c2ccccc2)c2ccccc2)CC1.[HH]. The molecular weight excluding hydrogens is 390 g/mol. The summed E-state index contributed by atoms with van der Waals surface area (Å²) in [6.07, 6.45) is 6.66. The van der Waals surface area contributed by atoms with Crippen molar-refractivity contribution in [2.75, 3.05) is 31.6 Å². The number of rotatable bonds is 9. The first kappa shape index (κ1) is 24.9. The van der Waals surface area contributed by atoms with Crippen LogP contribution in [0.2, 0.25) is 0 Å². The zero-order valence-electron chi connectivity index (χ0n) is 18.7. The molecule has 0 spiro atoms. The molecule has 0 aliphatic carbocycles. The second-order valence-corrected chi connectivity index (χ2v) is 7.75. The van der Waals surface area contributed by atoms with Crippen molar-refractivity contribution < 1.29 is 16.2 Å². The van der Waals surface area contributed by atoms with Crippen LogP contribution in [-0.4, -0.2) is 49.0 Å². The van der Waals surface area contributed by atoms with E-state index in [-0.39, 0.29) is 7.40 Å². The number of anilines is 2. The number of carbonyl (C=O) groups excluding carboxylic acids is 1. The number of benzene rings is 2. The van der Waals surface area contributed by atoms with Gasteiger partial charge in [-0.3, -0.25) is 4.79 Å². The van der Waals surface area contributed by atoms with Crippen LogP contribution in [0.3, 0.4) is 0 Å². The molecular formula is C25H39N3O3. The van der Waals surface area contributed by atoms with Gasteiger partial charge in [-0.1, -0.05) is 49.2 Å². The monoisotopic (exact) mass is 429 g/mol. The molecule has 0 bridgehead atoms. The molecule has 0 atom stereocenters. The molecule has 1 heterocycles. The van der Waals surface area contributed by atoms with Gasteiger partial charge in [-0.25, -0.2) is 0 Å². The Kier molecular flexibility index (Phi) is 11.7. The summed E-state index contributed by atoms with van der Waals surface area (Å²) in [5.74, 6) is -0.113. The van der Waals surface area contributed by atoms with Gasteiger partial charge in [-0.2, -0.15) is 5.06 Å². The van der Waals surface area contributed by atoms with Crippen LogP contribution in [0, 0.1) is 0 Å². The highest BCUT2D eigenvalue weighted by Gasteiger charge is 2.25. The molecule has 3 N–H and O–H groups in total. The van der Waals surface area contributed by atoms with Crippen LogP contribution in [0.5, 0.6) is 0 Å². The summed E-state index contributed by atoms with van der Waals surface area (Å²) >= 11 is 0. The standard InChI is InChI=1S/C17H20N2O.C8H17NO2.H2/c20-18-13-11-17(12-14-18)19(15-7-3-1-4-8-15)16-9-5-2-6-10-16;1-11-8(10)6-4-2-3-5-7-9;/h1-10,17,20H,11-14H2;2-7,9H2,1H3;1H. The maximum absolute atomic E-state index is 10.6. The minimum absolute atomic E-state index is 0. The molecule has 1 saturated heterocycles. The van der Waals surface area contributed by atoms with E-state index in [1.807, 2.05) is 12.1 Å². The highest BCUT2D eigenvalue weighted by molar-refractivity contribution is 5.69. The van der Waals surface area contributed by atoms with Gasteiger partial charge in [0.05, 0.1) is 7.11 Å². The van der Waals surface area contributed by atoms with Crippen LogP contribution in [0.25, 0.3) is 0 Å². The van der Waals surface area contributed by atoms with Crippen molar-refractivity contribution in [3.8, 4) is 0 Å². The van der Waals surface area contributed by atoms with Gasteiger partial charge in [0.25, 0.3) is 0 Å². The van der Waals surface area contributed by atoms with Crippen molar-refractivity contribution in [3.05, 3.63) is 60.7 Å². The largest absolute Gasteiger partial charge is 0.469 e. The Morgan fingerprint density at radius 1 is 1.00 bits per heavy atom. The zero-order chi connectivity index (χ0) is 22.3. The molecule has 0 saturated carbocycles. The molecule has 1 aliphatic rings. The van der Waals surface area contributed by atoms with Crippen LogP contribution in [0.15, 0.2) is 60.7 Å². The van der Waals surface area contributed by atoms with E-state index < -0.39 is 0 Å². The second-order valence-electron chi connectivity index (χ2n) is 7.75. The number of hydrogen-bond acceptors (Lipinski definition) is 6. The predicted octanol–water partition coefficient (Wildman–Crippen LogP) is 4.99. The third kappa shape index (κ3) is 9.09. The highest BCUT2D eigenvalue weighted by atomic mass is 16.5. The second kappa shape index (κ2) is 14.6. The number of nitrogens with zero attached hydrogens (tertiary/aromatic N) is 2. The molecule has 0 unspecified atom stereocenters. The Hall–Kier alpha value is -2.41. The Morgan fingerprint density at radius 2 is 1.52 bits per heavy atom. The lowest BCUT2D eigenvalue weighted by molar-refractivity contribution is -0.140. The van der Waals surface area contributed by atoms with E-state index in [9.17, 15) is 10.0 Å². The van der Waals surface area contributed by atoms with Crippen molar-refractivity contribution in [1.29, 1.82) is 0 Å². The summed E-state index contributed by atoms with van der Waals surface area (Å²) in [6, 6.07) is 21.4. The molecule has 2 aromatic carbocycles. The average molecular weight is 430 g/mol. The summed E-state index contributed by atoms with van der Waals surface area (Å²) in [5, 5.41) is 11.0. The number of piperidine rings is 1. The Labute approximate surface area is 188 Å². The summed E-state index contributed by atoms with van der Waals surface area (Å²) < 4.78 is 4.49. The first-order valence-corrected chi connectivity index (χ1v) is 11.3. The van der Waals surface area contributed by atoms with E-state index >= 15 is 0 Å². The number of hydrogen-bond donors (Lipinski definition) is 2. The molecule has 0 aromatic heterocycles. The van der Waals surface area contributed by atoms with Crippen molar-refractivity contribution >= 4 is 17.3 Å². The fourth-order valence-corrected chi connectivity index (χ4v) is 3.73. The van der Waals surface area contributed by atoms with Gasteiger partial charge in [0.15, 0.2) is 0 Å². The van der Waals surface area contributed by atoms with Crippen molar-refractivity contribution in [2.24, 2.45) is 5.73 Å². The van der Waals surface area contributed by atoms with Gasteiger partial charge in [0.1, 0.15) is 0 Å². The normalized spacial score (nSPS) is 14.4. The van der Waals surface area contributed by atoms with Crippen LogP contribution in [-0.2, 0) is 9.53 Å². The van der Waals surface area contributed by atoms with Crippen LogP contribution >= 0.6 is 0 Å². The first-order valence-electron chi connectivity index (χ1n) is 11.3. The van der Waals surface area contributed by atoms with Crippen LogP contribution in [0.1, 0.15) is 46.4 Å². The van der Waals surface area contributed by atoms with Crippen LogP contribution in [0.4, 0.5) is 11.4 Å². The molecule has 6 nitrogen and oxygen atoms in total. The maximum atomic E-state index is 10.6. The lowest BCUT2D eigenvalue weighted by atomic mass is 10.0. The predicted molar refractivity (Wildman–Crippen MR) is 128 cm³/mol. The Morgan fingerprint density at radius 3 is 2.00 bits per heavy atom. The fraction of sp³-hybridized carbons (Fsp3) is 0.480. The quantitative estimate of drug-likeness (QED) is 0.432. The summed E-state index contributed by atoms with van der Waals surface area (Å²) in [5.41, 5.74) is 7.74. The molecule has 1 aliphatic heterocycles. The smallest absolute Gasteiger partial charge is 0.305 e. The number of esters is 1. The molecule has 172 valence electrons. The molecule has 0 amide bonds. The van der Waals surface area contributed by atoms with E-state index in [0.717, 1.165) is 58.2 Å². The van der Waals surface area contributed by atoms with E-state index in [4.69, 9.17) is 5.73 Å². The lowest BCUT2D eigenvalue weighted by Crippen LogP contribution is -2.41. The average Bonchev–Trinajstić information content (AvgIpc) is 2.82. The fourth-order valence-electron chi connectivity index (χ4n) is 3.73. The molecule has 31 heavy (non-hydrogen) atoms. The molecule has 0 radical (unpaired) electrons. The topological polar surface area (TPSA) is 79.0 Å². The molecule has 1 fully saturated rings. The number of unbranched alkanes of at least 4 members (excludes halogenated alkanes) is 3. The van der Waals surface area contributed by atoms with Gasteiger partial charge < -0.3 is 20.6 Å². The summed E-state index contributed by atoms with van der Waals surface area (Å²) in [7, 11) is 1.42. The minimum Gasteiger partial charge on any atom is -0.469 e. The summed E-state index contributed by atoms with van der Waals surface area (Å²) in [4.78, 5) is 13.0. The number of hydroxylamine groups is 2. The van der Waals surface area contributed by atoms with E-state index in [1.165, 1.54) is 23.5 Å². The molecule has 3 rings (SSSR count). The van der Waals surface area contributed by atoms with E-state index in [2.05, 4.69) is 58.2 Å². The van der Waals surface area contributed by atoms with E-state index in [1.54, 1.807) is 0 Å². The maximum Gasteiger partial charge on any atom is 0.305 e. The van der Waals surface area contributed by atoms with Crippen molar-refractivity contribution in [2.45, 2.75) is 51.0 Å². The number of nitrogens with two attached hydrogens (primary N) is 1. The lowest BCUT2D eigenvalue weighted by Gasteiger charge is -2.38. The highest BCUT2D eigenvalue weighted by Crippen LogP contribution is 2.31. The van der Waals surface area contributed by atoms with Crippen LogP contribution < -0.4 is 10.6 Å². The Bertz CT molecular complexity index is 686. The molecule has 6 heteroatoms. The third-order valence-electron chi connectivity index (χ3n) is 5.44. The first-order chi connectivity index (χ1) is 15.2. The molecule has 2 aromatic rings. The summed E-state index contributed by atoms with van der Waals surface area (Å²) in [6.45, 7) is 2.22. The van der Waals surface area contributed by atoms with Crippen molar-refractivity contribution in [3.63, 3.8) is 0 Å². The van der Waals surface area contributed by atoms with Gasteiger partial charge in [0.2, 0.25) is 0 Å². The van der Waals surface area contributed by atoms with E-state index in [0.29, 0.717) is 12.5 Å². The number of ether oxygens (including phenoxy) is 1. The number of methoxy groups -OCH3 is 1. The van der Waals surface area contributed by atoms with Crippen molar-refractivity contribution in [1.82, 2.24) is 5.06 Å². The zero-order valence-corrected chi connectivity index (χ0v) is 18.7. The van der Waals surface area contributed by atoms with Gasteiger partial charge in [-0.15, -0.1) is 0 Å². The number of para-hydroxylation sites is 2. The van der Waals surface area contributed by atoms with Gasteiger partial charge in [0, 0.05) is 38.4 Å². The van der Waals surface area contributed by atoms with Gasteiger partial charge in [-0.05, 0) is 56.5 Å². The third-order valence-corrected chi connectivity index (χ3v) is 5.44. The number of carbonyl (C=O) groups is 1.